The highest BCUT2D eigenvalue weighted by molar-refractivity contribution is 8.00. The number of guanidine groups is 1. The van der Waals surface area contributed by atoms with Crippen molar-refractivity contribution < 1.29 is 4.74 Å². The van der Waals surface area contributed by atoms with Crippen molar-refractivity contribution in [2.75, 3.05) is 47.1 Å². The Hall–Kier alpha value is -1.40. The van der Waals surface area contributed by atoms with Crippen LogP contribution in [0.15, 0.2) is 29.3 Å². The summed E-state index contributed by atoms with van der Waals surface area (Å²) in [5.41, 5.74) is 1.23. The molecular formula is C19H32N4OS. The van der Waals surface area contributed by atoms with E-state index in [-0.39, 0.29) is 6.04 Å². The largest absolute Gasteiger partial charge is 0.497 e. The van der Waals surface area contributed by atoms with Crippen LogP contribution in [0.1, 0.15) is 31.4 Å². The monoisotopic (exact) mass is 364 g/mol. The molecule has 2 rings (SSSR count). The molecule has 0 aliphatic carbocycles. The molecule has 1 aromatic rings. The maximum absolute atomic E-state index is 5.36. The van der Waals surface area contributed by atoms with E-state index in [1.807, 2.05) is 19.2 Å². The molecule has 1 aliphatic rings. The number of likely N-dealkylation sites (N-methyl/N-ethyl adjacent to an activating group) is 1. The highest BCUT2D eigenvalue weighted by Crippen LogP contribution is 2.36. The van der Waals surface area contributed by atoms with Gasteiger partial charge in [-0.3, -0.25) is 4.99 Å². The second-order valence-corrected chi connectivity index (χ2v) is 8.65. The lowest BCUT2D eigenvalue weighted by Gasteiger charge is -2.28. The lowest BCUT2D eigenvalue weighted by molar-refractivity contribution is 0.297. The van der Waals surface area contributed by atoms with Gasteiger partial charge in [-0.15, -0.1) is 0 Å². The third-order valence-corrected chi connectivity index (χ3v) is 6.26. The number of thioether (sulfide) groups is 1. The van der Waals surface area contributed by atoms with Gasteiger partial charge in [0.15, 0.2) is 5.96 Å². The average molecular weight is 365 g/mol. The van der Waals surface area contributed by atoms with Gasteiger partial charge in [0, 0.05) is 24.9 Å². The Bertz CT molecular complexity index is 570. The summed E-state index contributed by atoms with van der Waals surface area (Å²) in [6.07, 6.45) is 2.58. The van der Waals surface area contributed by atoms with Gasteiger partial charge in [-0.05, 0) is 57.3 Å². The summed E-state index contributed by atoms with van der Waals surface area (Å²) in [5, 5.41) is 6.97. The molecule has 0 bridgehead atoms. The van der Waals surface area contributed by atoms with Gasteiger partial charge >= 0.3 is 0 Å². The molecule has 1 fully saturated rings. The van der Waals surface area contributed by atoms with Crippen molar-refractivity contribution in [1.29, 1.82) is 0 Å². The molecule has 1 saturated heterocycles. The fourth-order valence-corrected chi connectivity index (χ4v) is 4.35. The minimum absolute atomic E-state index is 0.241. The van der Waals surface area contributed by atoms with Crippen molar-refractivity contribution in [2.45, 2.75) is 30.6 Å². The highest BCUT2D eigenvalue weighted by Gasteiger charge is 2.29. The van der Waals surface area contributed by atoms with Crippen molar-refractivity contribution in [3.63, 3.8) is 0 Å². The summed E-state index contributed by atoms with van der Waals surface area (Å²) in [7, 11) is 7.72. The van der Waals surface area contributed by atoms with Crippen LogP contribution in [0.3, 0.4) is 0 Å². The number of rotatable bonds is 7. The first-order chi connectivity index (χ1) is 12.0. The summed E-state index contributed by atoms with van der Waals surface area (Å²) < 4.78 is 5.69. The molecule has 0 aromatic heterocycles. The molecule has 2 atom stereocenters. The zero-order chi connectivity index (χ0) is 18.3. The molecule has 1 aliphatic heterocycles. The maximum Gasteiger partial charge on any atom is 0.191 e. The molecule has 0 spiro atoms. The summed E-state index contributed by atoms with van der Waals surface area (Å²) >= 11 is 2.06. The Morgan fingerprint density at radius 2 is 2.20 bits per heavy atom. The van der Waals surface area contributed by atoms with Crippen molar-refractivity contribution in [2.24, 2.45) is 4.99 Å². The van der Waals surface area contributed by atoms with Crippen LogP contribution >= 0.6 is 11.8 Å². The van der Waals surface area contributed by atoms with Crippen LogP contribution in [-0.4, -0.2) is 62.7 Å². The van der Waals surface area contributed by atoms with Gasteiger partial charge in [0.2, 0.25) is 0 Å². The third kappa shape index (κ3) is 5.82. The van der Waals surface area contributed by atoms with E-state index in [0.717, 1.165) is 24.8 Å². The summed E-state index contributed by atoms with van der Waals surface area (Å²) in [4.78, 5) is 6.59. The molecule has 2 unspecified atom stereocenters. The van der Waals surface area contributed by atoms with E-state index in [0.29, 0.717) is 4.75 Å². The number of nitrogens with one attached hydrogen (secondary N) is 2. The molecule has 140 valence electrons. The third-order valence-electron chi connectivity index (χ3n) is 4.72. The van der Waals surface area contributed by atoms with Gasteiger partial charge in [-0.1, -0.05) is 12.1 Å². The van der Waals surface area contributed by atoms with Gasteiger partial charge in [-0.2, -0.15) is 11.8 Å². The minimum atomic E-state index is 0.241. The number of hydrogen-bond acceptors (Lipinski definition) is 4. The fraction of sp³-hybridized carbons (Fsp3) is 0.632. The van der Waals surface area contributed by atoms with Gasteiger partial charge in [0.1, 0.15) is 5.75 Å². The quantitative estimate of drug-likeness (QED) is 0.575. The van der Waals surface area contributed by atoms with E-state index in [2.05, 4.69) is 65.4 Å². The first kappa shape index (κ1) is 19.9. The summed E-state index contributed by atoms with van der Waals surface area (Å²) in [6.45, 7) is 4.07. The minimum Gasteiger partial charge on any atom is -0.497 e. The van der Waals surface area contributed by atoms with Crippen LogP contribution in [-0.2, 0) is 0 Å². The Morgan fingerprint density at radius 3 is 2.80 bits per heavy atom. The first-order valence-electron chi connectivity index (χ1n) is 8.86. The van der Waals surface area contributed by atoms with Crippen molar-refractivity contribution >= 4 is 17.7 Å². The molecule has 6 heteroatoms. The predicted molar refractivity (Wildman–Crippen MR) is 109 cm³/mol. The molecular weight excluding hydrogens is 332 g/mol. The SMILES string of the molecule is CN=C(NCC(c1cccc(OC)c1)N(C)C)NCC1(C)CCCS1. The number of aliphatic imine (C=N–C) groups is 1. The predicted octanol–water partition coefficient (Wildman–Crippen LogP) is 2.75. The second kappa shape index (κ2) is 9.34. The Balaban J connectivity index is 1.94. The molecule has 2 N–H and O–H groups in total. The number of benzene rings is 1. The smallest absolute Gasteiger partial charge is 0.191 e. The van der Waals surface area contributed by atoms with Crippen LogP contribution in [0.4, 0.5) is 0 Å². The number of hydrogen-bond donors (Lipinski definition) is 2. The molecule has 1 aromatic carbocycles. The highest BCUT2D eigenvalue weighted by atomic mass is 32.2. The topological polar surface area (TPSA) is 48.9 Å². The van der Waals surface area contributed by atoms with Gasteiger partial charge in [0.05, 0.1) is 13.2 Å². The van der Waals surface area contributed by atoms with E-state index in [9.17, 15) is 0 Å². The van der Waals surface area contributed by atoms with E-state index in [1.54, 1.807) is 7.11 Å². The molecule has 25 heavy (non-hydrogen) atoms. The average Bonchev–Trinajstić information content (AvgIpc) is 3.04. The van der Waals surface area contributed by atoms with Crippen LogP contribution in [0, 0.1) is 0 Å². The van der Waals surface area contributed by atoms with Crippen LogP contribution < -0.4 is 15.4 Å². The van der Waals surface area contributed by atoms with Crippen molar-refractivity contribution in [3.8, 4) is 5.75 Å². The van der Waals surface area contributed by atoms with E-state index in [4.69, 9.17) is 4.74 Å². The Labute approximate surface area is 156 Å². The summed E-state index contributed by atoms with van der Waals surface area (Å²) in [5.74, 6) is 3.02. The van der Waals surface area contributed by atoms with Crippen LogP contribution in [0.5, 0.6) is 5.75 Å². The first-order valence-corrected chi connectivity index (χ1v) is 9.85. The van der Waals surface area contributed by atoms with Crippen LogP contribution in [0.2, 0.25) is 0 Å². The number of ether oxygens (including phenoxy) is 1. The van der Waals surface area contributed by atoms with E-state index in [1.165, 1.54) is 24.2 Å². The molecule has 0 saturated carbocycles. The zero-order valence-electron chi connectivity index (χ0n) is 16.1. The fourth-order valence-electron chi connectivity index (χ4n) is 3.11. The van der Waals surface area contributed by atoms with Crippen molar-refractivity contribution in [1.82, 2.24) is 15.5 Å². The lowest BCUT2D eigenvalue weighted by atomic mass is 10.1. The Morgan fingerprint density at radius 1 is 1.40 bits per heavy atom. The van der Waals surface area contributed by atoms with Gasteiger partial charge in [-0.25, -0.2) is 0 Å². The summed E-state index contributed by atoms with van der Waals surface area (Å²) in [6, 6.07) is 8.49. The molecule has 0 amide bonds. The number of methoxy groups -OCH3 is 1. The normalized spacial score (nSPS) is 22.1. The number of nitrogens with zero attached hydrogens (tertiary/aromatic N) is 2. The molecule has 5 nitrogen and oxygen atoms in total. The second-order valence-electron chi connectivity index (χ2n) is 6.96. The van der Waals surface area contributed by atoms with E-state index < -0.39 is 0 Å². The van der Waals surface area contributed by atoms with Gasteiger partial charge in [0.25, 0.3) is 0 Å². The standard InChI is InChI=1S/C19H32N4OS/c1-19(10-7-11-25-19)14-22-18(20-2)21-13-17(23(3)4)15-8-6-9-16(12-15)24-5/h6,8-9,12,17H,7,10-11,13-14H2,1-5H3,(H2,20,21,22). The van der Waals surface area contributed by atoms with E-state index >= 15 is 0 Å². The lowest BCUT2D eigenvalue weighted by Crippen LogP contribution is -2.45. The maximum atomic E-state index is 5.36. The van der Waals surface area contributed by atoms with Gasteiger partial charge < -0.3 is 20.3 Å². The molecule has 0 radical (unpaired) electrons. The van der Waals surface area contributed by atoms with Crippen molar-refractivity contribution in [3.05, 3.63) is 29.8 Å². The Kier molecular flexibility index (Phi) is 7.44. The molecule has 1 heterocycles. The van der Waals surface area contributed by atoms with Crippen LogP contribution in [0.25, 0.3) is 0 Å². The zero-order valence-corrected chi connectivity index (χ0v) is 16.9.